The first-order valence-corrected chi connectivity index (χ1v) is 7.77. The van der Waals surface area contributed by atoms with Crippen LogP contribution in [0.4, 0.5) is 13.2 Å². The molecule has 0 aromatic heterocycles. The van der Waals surface area contributed by atoms with Crippen molar-refractivity contribution in [2.45, 2.75) is 45.0 Å². The summed E-state index contributed by atoms with van der Waals surface area (Å²) in [5.74, 6) is -1.68. The quantitative estimate of drug-likeness (QED) is 0.731. The Morgan fingerprint density at radius 2 is 1.84 bits per heavy atom. The molecule has 2 N–H and O–H groups in total. The van der Waals surface area contributed by atoms with E-state index < -0.39 is 42.2 Å². The maximum atomic E-state index is 13.1. The third-order valence-corrected chi connectivity index (χ3v) is 3.55. The molecule has 0 aliphatic carbocycles. The molecule has 1 aromatic rings. The van der Waals surface area contributed by atoms with E-state index >= 15 is 0 Å². The lowest BCUT2D eigenvalue weighted by molar-refractivity contribution is -0.147. The molecule has 0 saturated heterocycles. The molecule has 0 aliphatic heterocycles. The highest BCUT2D eigenvalue weighted by Gasteiger charge is 2.35. The zero-order valence-corrected chi connectivity index (χ0v) is 14.3. The highest BCUT2D eigenvalue weighted by molar-refractivity contribution is 5.87. The first-order chi connectivity index (χ1) is 11.6. The first-order valence-electron chi connectivity index (χ1n) is 7.77. The van der Waals surface area contributed by atoms with Gasteiger partial charge in [-0.15, -0.1) is 0 Å². The standard InChI is InChI=1S/C17H22F3NO4/c1-10(2)8-14(22)15(23)21-13(16(24)25-3)9-11-6-4-5-7-12(11)17(18,19)20/h4-7,10,13-14,22H,8-9H2,1-3H3,(H,21,23)/t13-,14-/m0/s1. The van der Waals surface area contributed by atoms with Gasteiger partial charge in [-0.2, -0.15) is 13.2 Å². The number of ether oxygens (including phenoxy) is 1. The number of esters is 1. The predicted octanol–water partition coefficient (Wildman–Crippen LogP) is 2.31. The van der Waals surface area contributed by atoms with Crippen molar-refractivity contribution in [3.63, 3.8) is 0 Å². The van der Waals surface area contributed by atoms with Gasteiger partial charge in [0.15, 0.2) is 0 Å². The molecule has 0 spiro atoms. The van der Waals surface area contributed by atoms with Gasteiger partial charge in [-0.3, -0.25) is 4.79 Å². The van der Waals surface area contributed by atoms with Gasteiger partial charge >= 0.3 is 12.1 Å². The zero-order valence-electron chi connectivity index (χ0n) is 14.3. The van der Waals surface area contributed by atoms with Crippen molar-refractivity contribution in [3.05, 3.63) is 35.4 Å². The van der Waals surface area contributed by atoms with Crippen LogP contribution in [0.1, 0.15) is 31.4 Å². The molecule has 0 saturated carbocycles. The van der Waals surface area contributed by atoms with Crippen LogP contribution in [0.25, 0.3) is 0 Å². The van der Waals surface area contributed by atoms with Crippen molar-refractivity contribution in [2.24, 2.45) is 5.92 Å². The van der Waals surface area contributed by atoms with Gasteiger partial charge in [-0.25, -0.2) is 4.79 Å². The van der Waals surface area contributed by atoms with E-state index in [0.29, 0.717) is 0 Å². The van der Waals surface area contributed by atoms with Crippen molar-refractivity contribution in [3.8, 4) is 0 Å². The molecule has 1 amide bonds. The maximum absolute atomic E-state index is 13.1. The number of carbonyl (C=O) groups is 2. The second-order valence-corrected chi connectivity index (χ2v) is 6.09. The number of amides is 1. The van der Waals surface area contributed by atoms with E-state index in [4.69, 9.17) is 0 Å². The molecule has 1 aromatic carbocycles. The van der Waals surface area contributed by atoms with Crippen molar-refractivity contribution in [1.82, 2.24) is 5.32 Å². The first kappa shape index (κ1) is 21.0. The smallest absolute Gasteiger partial charge is 0.416 e. The second kappa shape index (κ2) is 8.84. The molecule has 0 fully saturated rings. The molecule has 0 radical (unpaired) electrons. The van der Waals surface area contributed by atoms with Crippen LogP contribution in [0, 0.1) is 5.92 Å². The molecule has 8 heteroatoms. The van der Waals surface area contributed by atoms with Crippen molar-refractivity contribution in [2.75, 3.05) is 7.11 Å². The zero-order chi connectivity index (χ0) is 19.2. The van der Waals surface area contributed by atoms with Crippen LogP contribution in [0.3, 0.4) is 0 Å². The summed E-state index contributed by atoms with van der Waals surface area (Å²) >= 11 is 0. The van der Waals surface area contributed by atoms with Gasteiger partial charge in [-0.1, -0.05) is 32.0 Å². The fourth-order valence-electron chi connectivity index (χ4n) is 2.35. The van der Waals surface area contributed by atoms with Crippen LogP contribution < -0.4 is 5.32 Å². The average molecular weight is 361 g/mol. The number of aliphatic hydroxyl groups excluding tert-OH is 1. The van der Waals surface area contributed by atoms with E-state index in [9.17, 15) is 27.9 Å². The van der Waals surface area contributed by atoms with Gasteiger partial charge in [0, 0.05) is 6.42 Å². The molecular formula is C17H22F3NO4. The Morgan fingerprint density at radius 1 is 1.24 bits per heavy atom. The molecule has 140 valence electrons. The number of methoxy groups -OCH3 is 1. The van der Waals surface area contributed by atoms with Crippen LogP contribution in [-0.4, -0.2) is 36.2 Å². The number of hydrogen-bond donors (Lipinski definition) is 2. The van der Waals surface area contributed by atoms with E-state index in [0.717, 1.165) is 13.2 Å². The molecule has 0 heterocycles. The Hall–Kier alpha value is -2.09. The lowest BCUT2D eigenvalue weighted by atomic mass is 9.99. The average Bonchev–Trinajstić information content (AvgIpc) is 2.52. The summed E-state index contributed by atoms with van der Waals surface area (Å²) in [6.07, 6.45) is -6.18. The van der Waals surface area contributed by atoms with Crippen LogP contribution in [0.15, 0.2) is 24.3 Å². The summed E-state index contributed by atoms with van der Waals surface area (Å²) in [6.45, 7) is 3.60. The van der Waals surface area contributed by atoms with E-state index in [1.54, 1.807) is 13.8 Å². The minimum absolute atomic E-state index is 0.0308. The number of nitrogens with one attached hydrogen (secondary N) is 1. The Labute approximate surface area is 144 Å². The summed E-state index contributed by atoms with van der Waals surface area (Å²) in [5, 5.41) is 12.1. The van der Waals surface area contributed by atoms with Gasteiger partial charge in [0.2, 0.25) is 5.91 Å². The molecule has 0 unspecified atom stereocenters. The largest absolute Gasteiger partial charge is 0.467 e. The van der Waals surface area contributed by atoms with E-state index in [1.807, 2.05) is 0 Å². The molecule has 2 atom stereocenters. The van der Waals surface area contributed by atoms with Crippen molar-refractivity contribution < 1.29 is 32.6 Å². The lowest BCUT2D eigenvalue weighted by Gasteiger charge is -2.21. The van der Waals surface area contributed by atoms with Gasteiger partial charge < -0.3 is 15.2 Å². The third-order valence-electron chi connectivity index (χ3n) is 3.55. The van der Waals surface area contributed by atoms with Crippen LogP contribution in [0.5, 0.6) is 0 Å². The number of alkyl halides is 3. The maximum Gasteiger partial charge on any atom is 0.416 e. The Balaban J connectivity index is 2.99. The number of aliphatic hydroxyl groups is 1. The number of carbonyl (C=O) groups excluding carboxylic acids is 2. The van der Waals surface area contributed by atoms with Crippen LogP contribution in [-0.2, 0) is 26.9 Å². The fourth-order valence-corrected chi connectivity index (χ4v) is 2.35. The number of rotatable bonds is 7. The van der Waals surface area contributed by atoms with E-state index in [-0.39, 0.29) is 17.9 Å². The minimum atomic E-state index is -4.58. The topological polar surface area (TPSA) is 75.6 Å². The molecule has 5 nitrogen and oxygen atoms in total. The fraction of sp³-hybridized carbons (Fsp3) is 0.529. The highest BCUT2D eigenvalue weighted by Crippen LogP contribution is 2.32. The highest BCUT2D eigenvalue weighted by atomic mass is 19.4. The van der Waals surface area contributed by atoms with Gasteiger partial charge in [0.05, 0.1) is 12.7 Å². The summed E-state index contributed by atoms with van der Waals surface area (Å²) in [5.41, 5.74) is -1.04. The second-order valence-electron chi connectivity index (χ2n) is 6.09. The van der Waals surface area contributed by atoms with E-state index in [2.05, 4.69) is 10.1 Å². The monoisotopic (exact) mass is 361 g/mol. The molecule has 0 aliphatic rings. The summed E-state index contributed by atoms with van der Waals surface area (Å²) in [7, 11) is 1.07. The van der Waals surface area contributed by atoms with Crippen LogP contribution in [0.2, 0.25) is 0 Å². The van der Waals surface area contributed by atoms with E-state index in [1.165, 1.54) is 18.2 Å². The lowest BCUT2D eigenvalue weighted by Crippen LogP contribution is -2.47. The normalized spacial score (nSPS) is 14.1. The summed E-state index contributed by atoms with van der Waals surface area (Å²) in [6, 6.07) is 3.45. The van der Waals surface area contributed by atoms with Gasteiger partial charge in [0.25, 0.3) is 0 Å². The molecular weight excluding hydrogens is 339 g/mol. The number of hydrogen-bond acceptors (Lipinski definition) is 4. The van der Waals surface area contributed by atoms with Crippen molar-refractivity contribution in [1.29, 1.82) is 0 Å². The molecule has 25 heavy (non-hydrogen) atoms. The predicted molar refractivity (Wildman–Crippen MR) is 84.6 cm³/mol. The number of halogens is 3. The van der Waals surface area contributed by atoms with Crippen LogP contribution >= 0.6 is 0 Å². The minimum Gasteiger partial charge on any atom is -0.467 e. The summed E-state index contributed by atoms with van der Waals surface area (Å²) < 4.78 is 43.8. The van der Waals surface area contributed by atoms with Crippen molar-refractivity contribution >= 4 is 11.9 Å². The Morgan fingerprint density at radius 3 is 2.36 bits per heavy atom. The summed E-state index contributed by atoms with van der Waals surface area (Å²) in [4.78, 5) is 23.8. The third kappa shape index (κ3) is 6.38. The SMILES string of the molecule is COC(=O)[C@H](Cc1ccccc1C(F)(F)F)NC(=O)[C@@H](O)CC(C)C. The Kier molecular flexibility index (Phi) is 7.41. The number of benzene rings is 1. The molecule has 1 rings (SSSR count). The molecule has 0 bridgehead atoms. The van der Waals surface area contributed by atoms with Gasteiger partial charge in [0.1, 0.15) is 12.1 Å². The Bertz CT molecular complexity index is 602. The van der Waals surface area contributed by atoms with Gasteiger partial charge in [-0.05, 0) is 24.0 Å².